The molecule has 0 aliphatic carbocycles. The highest BCUT2D eigenvalue weighted by atomic mass is 16.5. The third-order valence-corrected chi connectivity index (χ3v) is 2.21. The smallest absolute Gasteiger partial charge is 0.320 e. The lowest BCUT2D eigenvalue weighted by atomic mass is 10.1. The molecule has 2 heterocycles. The van der Waals surface area contributed by atoms with Crippen LogP contribution in [0.2, 0.25) is 0 Å². The monoisotopic (exact) mass is 155 g/mol. The van der Waals surface area contributed by atoms with E-state index in [1.165, 1.54) is 0 Å². The van der Waals surface area contributed by atoms with Gasteiger partial charge in [0.15, 0.2) is 0 Å². The van der Waals surface area contributed by atoms with Crippen LogP contribution in [0.1, 0.15) is 6.42 Å². The van der Waals surface area contributed by atoms with E-state index in [4.69, 9.17) is 10.6 Å². The quantitative estimate of drug-likeness (QED) is 0.480. The summed E-state index contributed by atoms with van der Waals surface area (Å²) >= 11 is 0. The summed E-state index contributed by atoms with van der Waals surface area (Å²) in [5, 5.41) is 17.2. The van der Waals surface area contributed by atoms with Crippen LogP contribution in [-0.4, -0.2) is 46.0 Å². The molecule has 2 saturated heterocycles. The van der Waals surface area contributed by atoms with Crippen molar-refractivity contribution in [3.05, 3.63) is 0 Å². The van der Waals surface area contributed by atoms with Crippen LogP contribution in [0.25, 0.3) is 0 Å². The van der Waals surface area contributed by atoms with E-state index in [-0.39, 0.29) is 12.1 Å². The van der Waals surface area contributed by atoms with Gasteiger partial charge in [0, 0.05) is 18.7 Å². The lowest BCUT2D eigenvalue weighted by Crippen LogP contribution is -2.38. The van der Waals surface area contributed by atoms with Crippen LogP contribution in [0, 0.1) is 5.41 Å². The average Bonchev–Trinajstić information content (AvgIpc) is 2.24. The summed E-state index contributed by atoms with van der Waals surface area (Å²) in [5.74, 6) is 0. The Bertz CT molecular complexity index is 228. The number of carbonyl (C=O) groups is 1. The van der Waals surface area contributed by atoms with E-state index in [0.29, 0.717) is 30.3 Å². The Morgan fingerprint density at radius 1 is 1.64 bits per heavy atom. The summed E-state index contributed by atoms with van der Waals surface area (Å²) < 4.78 is 0. The van der Waals surface area contributed by atoms with Crippen LogP contribution in [0.15, 0.2) is 0 Å². The summed E-state index contributed by atoms with van der Waals surface area (Å²) in [6.45, 7) is 1.05. The molecule has 0 radical (unpaired) electrons. The summed E-state index contributed by atoms with van der Waals surface area (Å²) in [5.41, 5.74) is 0.453. The number of nitrogens with one attached hydrogen (secondary N) is 1. The third kappa shape index (κ3) is 0.742. The van der Waals surface area contributed by atoms with Crippen molar-refractivity contribution < 1.29 is 10.0 Å². The van der Waals surface area contributed by atoms with Crippen molar-refractivity contribution in [3.63, 3.8) is 0 Å². The molecule has 0 aromatic rings. The topological polar surface area (TPSA) is 67.6 Å². The van der Waals surface area contributed by atoms with Gasteiger partial charge in [0.05, 0.1) is 6.54 Å². The first-order valence-electron chi connectivity index (χ1n) is 3.54. The van der Waals surface area contributed by atoms with Crippen molar-refractivity contribution in [2.75, 3.05) is 13.1 Å². The summed E-state index contributed by atoms with van der Waals surface area (Å²) in [6, 6.07) is -0.742. The molecule has 2 rings (SSSR count). The molecule has 2 aliphatic rings. The van der Waals surface area contributed by atoms with E-state index in [2.05, 4.69) is 0 Å². The van der Waals surface area contributed by atoms with Gasteiger partial charge in [0.25, 0.3) is 0 Å². The fourth-order valence-electron chi connectivity index (χ4n) is 1.51. The van der Waals surface area contributed by atoms with E-state index in [1.54, 1.807) is 4.90 Å². The molecule has 0 saturated carbocycles. The van der Waals surface area contributed by atoms with E-state index >= 15 is 0 Å². The molecule has 0 aromatic heterocycles. The molecule has 11 heavy (non-hydrogen) atoms. The highest BCUT2D eigenvalue weighted by Gasteiger charge is 2.42. The zero-order chi connectivity index (χ0) is 8.01. The first-order chi connectivity index (χ1) is 5.20. The van der Waals surface area contributed by atoms with Gasteiger partial charge in [0.2, 0.25) is 0 Å². The van der Waals surface area contributed by atoms with Crippen LogP contribution in [-0.2, 0) is 0 Å². The lowest BCUT2D eigenvalue weighted by Gasteiger charge is -2.20. The molecule has 2 aliphatic heterocycles. The molecule has 0 aromatic carbocycles. The largest absolute Gasteiger partial charge is 0.344 e. The third-order valence-electron chi connectivity index (χ3n) is 2.21. The van der Waals surface area contributed by atoms with E-state index in [9.17, 15) is 4.79 Å². The molecular weight excluding hydrogens is 146 g/mol. The minimum absolute atomic E-state index is 0.364. The van der Waals surface area contributed by atoms with Crippen molar-refractivity contribution in [2.45, 2.75) is 12.5 Å². The fraction of sp³-hybridized carbons (Fsp3) is 0.667. The van der Waals surface area contributed by atoms with Crippen molar-refractivity contribution in [2.24, 2.45) is 0 Å². The SMILES string of the molecule is N=C1CCN2CC1N(O)C2=O. The Labute approximate surface area is 63.7 Å². The Kier molecular flexibility index (Phi) is 1.17. The number of amides is 2. The Morgan fingerprint density at radius 2 is 2.36 bits per heavy atom. The number of nitrogens with zero attached hydrogens (tertiary/aromatic N) is 2. The zero-order valence-corrected chi connectivity index (χ0v) is 5.95. The van der Waals surface area contributed by atoms with Gasteiger partial charge in [-0.15, -0.1) is 0 Å². The number of hydrogen-bond acceptors (Lipinski definition) is 3. The second-order valence-corrected chi connectivity index (χ2v) is 2.86. The van der Waals surface area contributed by atoms with Gasteiger partial charge in [0.1, 0.15) is 6.04 Å². The Balaban J connectivity index is 2.29. The molecule has 2 amide bonds. The van der Waals surface area contributed by atoms with Crippen molar-refractivity contribution in [1.29, 1.82) is 5.41 Å². The van der Waals surface area contributed by atoms with Gasteiger partial charge in [-0.05, 0) is 0 Å². The molecule has 1 unspecified atom stereocenters. The van der Waals surface area contributed by atoms with E-state index < -0.39 is 0 Å². The number of hydroxylamine groups is 2. The summed E-state index contributed by atoms with van der Waals surface area (Å²) in [7, 11) is 0. The predicted octanol–water partition coefficient (Wildman–Crippen LogP) is -0.0947. The highest BCUT2D eigenvalue weighted by molar-refractivity contribution is 5.95. The minimum atomic E-state index is -0.378. The Hall–Kier alpha value is -1.10. The van der Waals surface area contributed by atoms with Gasteiger partial charge in [-0.3, -0.25) is 5.21 Å². The molecule has 5 nitrogen and oxygen atoms in total. The molecule has 0 spiro atoms. The number of urea groups is 1. The first-order valence-corrected chi connectivity index (χ1v) is 3.54. The lowest BCUT2D eigenvalue weighted by molar-refractivity contribution is -0.0403. The minimum Gasteiger partial charge on any atom is -0.320 e. The van der Waals surface area contributed by atoms with Crippen molar-refractivity contribution >= 4 is 11.7 Å². The molecule has 1 atom stereocenters. The van der Waals surface area contributed by atoms with E-state index in [0.717, 1.165) is 0 Å². The number of rotatable bonds is 0. The van der Waals surface area contributed by atoms with Crippen LogP contribution < -0.4 is 0 Å². The molecule has 5 heteroatoms. The maximum Gasteiger partial charge on any atom is 0.344 e. The van der Waals surface area contributed by atoms with Crippen molar-refractivity contribution in [3.8, 4) is 0 Å². The zero-order valence-electron chi connectivity index (χ0n) is 5.95. The van der Waals surface area contributed by atoms with Crippen LogP contribution >= 0.6 is 0 Å². The number of fused-ring (bicyclic) bond motifs is 2. The number of piperidine rings is 1. The van der Waals surface area contributed by atoms with Gasteiger partial charge < -0.3 is 10.3 Å². The van der Waals surface area contributed by atoms with E-state index in [1.807, 2.05) is 0 Å². The van der Waals surface area contributed by atoms with Crippen LogP contribution in [0.3, 0.4) is 0 Å². The first kappa shape index (κ1) is 6.60. The Morgan fingerprint density at radius 3 is 3.00 bits per heavy atom. The standard InChI is InChI=1S/C6H9N3O2/c7-4-1-2-8-3-5(4)9(11)6(8)10/h5,7,11H,1-3H2. The van der Waals surface area contributed by atoms with Gasteiger partial charge in [-0.25, -0.2) is 4.79 Å². The highest BCUT2D eigenvalue weighted by Crippen LogP contribution is 2.20. The predicted molar refractivity (Wildman–Crippen MR) is 36.7 cm³/mol. The summed E-state index contributed by atoms with van der Waals surface area (Å²) in [6.07, 6.45) is 0.591. The van der Waals surface area contributed by atoms with Gasteiger partial charge in [-0.1, -0.05) is 0 Å². The molecule has 2 fully saturated rings. The second-order valence-electron chi connectivity index (χ2n) is 2.86. The van der Waals surface area contributed by atoms with Gasteiger partial charge in [-0.2, -0.15) is 5.06 Å². The molecule has 60 valence electrons. The number of hydrogen-bond donors (Lipinski definition) is 2. The van der Waals surface area contributed by atoms with Gasteiger partial charge >= 0.3 is 6.03 Å². The molecular formula is C6H9N3O2. The summed E-state index contributed by atoms with van der Waals surface area (Å²) in [4.78, 5) is 12.6. The second kappa shape index (κ2) is 1.94. The fourth-order valence-corrected chi connectivity index (χ4v) is 1.51. The van der Waals surface area contributed by atoms with Crippen molar-refractivity contribution in [1.82, 2.24) is 9.96 Å². The molecule has 2 N–H and O–H groups in total. The maximum absolute atomic E-state index is 11.0. The maximum atomic E-state index is 11.0. The van der Waals surface area contributed by atoms with Crippen LogP contribution in [0.5, 0.6) is 0 Å². The average molecular weight is 155 g/mol. The van der Waals surface area contributed by atoms with Crippen LogP contribution in [0.4, 0.5) is 4.79 Å². The normalized spacial score (nSPS) is 30.1. The molecule has 2 bridgehead atoms. The number of carbonyl (C=O) groups excluding carboxylic acids is 1.